The Morgan fingerprint density at radius 1 is 0.549 bits per heavy atom. The van der Waals surface area contributed by atoms with Gasteiger partial charge < -0.3 is 40.7 Å². The molecule has 11 rings (SSSR count). The van der Waals surface area contributed by atoms with Gasteiger partial charge in [0.05, 0.1) is 70.7 Å². The number of para-hydroxylation sites is 4. The number of nitrogens with zero attached hydrogens (tertiary/aromatic N) is 7. The predicted molar refractivity (Wildman–Crippen MR) is 472 cm³/mol. The van der Waals surface area contributed by atoms with Crippen LogP contribution in [0.25, 0.3) is 22.1 Å². The summed E-state index contributed by atoms with van der Waals surface area (Å²) >= 11 is 2.00. The monoisotopic (exact) mass is 1700 g/mol. The van der Waals surface area contributed by atoms with Crippen LogP contribution in [-0.2, 0) is 33.4 Å². The van der Waals surface area contributed by atoms with Gasteiger partial charge in [-0.2, -0.15) is 22.0 Å². The highest BCUT2D eigenvalue weighted by Gasteiger charge is 2.43. The second-order valence-electron chi connectivity index (χ2n) is 34.2. The van der Waals surface area contributed by atoms with Gasteiger partial charge in [0, 0.05) is 113 Å². The number of amides is 3. The lowest BCUT2D eigenvalue weighted by Crippen LogP contribution is -2.34. The molecule has 4 aromatic carbocycles. The number of rotatable bonds is 30. The van der Waals surface area contributed by atoms with Crippen LogP contribution >= 0.6 is 11.8 Å². The number of carbonyl (C=O) groups is 10. The fourth-order valence-corrected chi connectivity index (χ4v) is 13.3. The van der Waals surface area contributed by atoms with E-state index in [4.69, 9.17) is 9.47 Å². The van der Waals surface area contributed by atoms with Crippen molar-refractivity contribution in [1.29, 1.82) is 0 Å². The van der Waals surface area contributed by atoms with Crippen molar-refractivity contribution >= 4 is 103 Å². The molecule has 32 heteroatoms. The number of anilines is 1. The van der Waals surface area contributed by atoms with E-state index in [1.54, 1.807) is 102 Å². The third kappa shape index (κ3) is 33.6. The average Bonchev–Trinajstić information content (AvgIpc) is 1.63. The molecule has 122 heavy (non-hydrogen) atoms. The van der Waals surface area contributed by atoms with E-state index >= 15 is 0 Å². The van der Waals surface area contributed by atoms with Crippen LogP contribution in [0.2, 0.25) is 0 Å². The van der Waals surface area contributed by atoms with Gasteiger partial charge in [0.1, 0.15) is 41.1 Å². The molecule has 0 spiro atoms. The minimum absolute atomic E-state index is 0.000920. The summed E-state index contributed by atoms with van der Waals surface area (Å²) in [6.07, 6.45) is 5.46. The van der Waals surface area contributed by atoms with Crippen molar-refractivity contribution in [2.24, 2.45) is 55.8 Å². The summed E-state index contributed by atoms with van der Waals surface area (Å²) in [5.74, 6) is 1.98. The quantitative estimate of drug-likeness (QED) is 0.00897. The Kier molecular flexibility index (Phi) is 40.2. The van der Waals surface area contributed by atoms with Crippen LogP contribution in [-0.4, -0.2) is 173 Å². The number of ether oxygens (including phenoxy) is 2. The number of hydrogen-bond donors (Lipinski definition) is 8. The molecule has 3 unspecified atom stereocenters. The molecule has 0 radical (unpaired) electrons. The van der Waals surface area contributed by atoms with Crippen molar-refractivity contribution in [1.82, 2.24) is 56.3 Å². The zero-order valence-corrected chi connectivity index (χ0v) is 75.0. The minimum Gasteiger partial charge on any atom is -0.379 e. The Morgan fingerprint density at radius 2 is 1.04 bits per heavy atom. The fraction of sp³-hybridized carbons (Fsp3) is 0.511. The molecule has 660 valence electrons. The highest BCUT2D eigenvalue weighted by molar-refractivity contribution is 8.00. The zero-order chi connectivity index (χ0) is 90.9. The van der Waals surface area contributed by atoms with Crippen molar-refractivity contribution in [2.75, 3.05) is 63.8 Å². The summed E-state index contributed by atoms with van der Waals surface area (Å²) in [5, 5.41) is 37.5. The Balaban J connectivity index is 0.000000255. The number of thioether (sulfide) groups is 1. The molecule has 31 nitrogen and oxygen atoms in total. The molecule has 8 aromatic rings. The number of unbranched alkanes of at least 4 members (excludes halogenated alkanes) is 1. The number of nitrogens with one attached hydrogen (secondary N) is 8. The van der Waals surface area contributed by atoms with Crippen LogP contribution in [0, 0.1) is 76.7 Å². The van der Waals surface area contributed by atoms with Crippen LogP contribution in [0.15, 0.2) is 117 Å². The van der Waals surface area contributed by atoms with Crippen LogP contribution < -0.4 is 43.1 Å². The number of nitro groups is 1. The van der Waals surface area contributed by atoms with Gasteiger partial charge in [0.2, 0.25) is 5.91 Å². The summed E-state index contributed by atoms with van der Waals surface area (Å²) in [6.45, 7) is 39.8. The molecule has 4 aromatic heterocycles. The van der Waals surface area contributed by atoms with E-state index in [9.17, 15) is 67.6 Å². The minimum atomic E-state index is -0.609. The number of nitro benzene ring substituents is 1. The molecule has 3 amide bonds. The molecule has 0 aliphatic carbocycles. The number of fused-ring (bicyclic) bond motifs is 4. The van der Waals surface area contributed by atoms with Crippen molar-refractivity contribution in [3.05, 3.63) is 184 Å². The lowest BCUT2D eigenvalue weighted by molar-refractivity contribution is -0.384. The van der Waals surface area contributed by atoms with Crippen LogP contribution in [0.1, 0.15) is 232 Å². The summed E-state index contributed by atoms with van der Waals surface area (Å²) in [7, 11) is 0. The molecule has 0 bridgehead atoms. The maximum absolute atomic E-state index is 12.0. The predicted octanol–water partition coefficient (Wildman–Crippen LogP) is 12.5. The Morgan fingerprint density at radius 3 is 1.55 bits per heavy atom. The number of H-pyrrole nitrogens is 4. The van der Waals surface area contributed by atoms with E-state index in [-0.39, 0.29) is 118 Å². The lowest BCUT2D eigenvalue weighted by Gasteiger charge is -2.17. The molecule has 3 aliphatic heterocycles. The number of aryl methyl sites for hydroxylation is 3. The van der Waals surface area contributed by atoms with Gasteiger partial charge in [0.15, 0.2) is 34.5 Å². The second-order valence-corrected chi connectivity index (χ2v) is 35.4. The number of ketones is 7. The first-order valence-electron chi connectivity index (χ1n) is 41.2. The molecule has 2 saturated heterocycles. The van der Waals surface area contributed by atoms with Gasteiger partial charge in [-0.05, 0) is 112 Å². The van der Waals surface area contributed by atoms with Gasteiger partial charge in [-0.1, -0.05) is 154 Å². The molecule has 8 N–H and O–H groups in total. The molecular formula is C90H123N15O16S. The van der Waals surface area contributed by atoms with Crippen molar-refractivity contribution in [3.8, 4) is 0 Å². The largest absolute Gasteiger partial charge is 0.379 e. The van der Waals surface area contributed by atoms with E-state index in [0.717, 1.165) is 71.1 Å². The summed E-state index contributed by atoms with van der Waals surface area (Å²) < 4.78 is 10.6. The van der Waals surface area contributed by atoms with Crippen molar-refractivity contribution in [3.63, 3.8) is 0 Å². The highest BCUT2D eigenvalue weighted by Crippen LogP contribution is 2.39. The van der Waals surface area contributed by atoms with Gasteiger partial charge in [0.25, 0.3) is 28.6 Å². The first-order chi connectivity index (χ1) is 57.3. The van der Waals surface area contributed by atoms with Gasteiger partial charge in [-0.15, -0.1) is 0 Å². The van der Waals surface area contributed by atoms with Crippen LogP contribution in [0.4, 0.5) is 11.4 Å². The summed E-state index contributed by atoms with van der Waals surface area (Å²) in [6, 6.07) is 28.4. The van der Waals surface area contributed by atoms with Crippen molar-refractivity contribution < 1.29 is 62.3 Å². The van der Waals surface area contributed by atoms with Gasteiger partial charge in [-0.25, -0.2) is 9.97 Å². The maximum atomic E-state index is 12.0. The number of benzene rings is 4. The third-order valence-electron chi connectivity index (χ3n) is 19.1. The lowest BCUT2D eigenvalue weighted by atomic mass is 9.86. The molecule has 7 heterocycles. The number of Topliss-reactive ketones (excluding diaryl/α,β-unsaturated/α-hetero) is 7. The summed E-state index contributed by atoms with van der Waals surface area (Å²) in [5.41, 5.74) is 4.52. The van der Waals surface area contributed by atoms with Crippen molar-refractivity contribution in [2.45, 2.75) is 195 Å². The van der Waals surface area contributed by atoms with Crippen LogP contribution in [0.3, 0.4) is 0 Å². The standard InChI is InChI=1S/C17H21N3O4.C14H23NO2S.C13H21N3O3.C13H14N2O2.C12H16N2O3.C12H14N2O.C9H14N2O/c1-11(2)14(21)7-9-24-10-8-18-16(22)15-17(23)20-13-6-4-3-5-12(13)19-15;1-9(2)11(16)5-3-4-6-12-14-10(8-18-12)7-13(17)15-14;1-9(2)12(17)4-6-19-7-5-14-13(18)11-8-10(3)15-16-11;1-13(2,3)11(16)10-12(17)15-9-7-5-4-6-8(9)14-10;1-8(2)12(15)7-13-10-5-4-9(3)6-11(10)14(16)17;1-12(2,3)11(15)8-4-5-9-10(6-8)14-7-13-9;1-6-5-7(11-10-6)8(12)9(2,3)4/h3-6,11H,7-10H2,1-2H3,(H,18,22)(H,20,23);9-10,12,14H,3-8H2,1-2H3,(H,15,17);8-9H,4-7H2,1-3H3,(H,14,18)(H,15,16);4-7H,1-3H3,(H,15,17);4-6,8,13H,7H2,1-3H3;4-6H,7H2,1-3H3;5H,1-4H3,(H,10,11). The SMILES string of the molecule is CC(C)(C)C(=O)c1ccc2c(c1)=NCN=2.CC(C)(C)C(=O)c1nc2ccccc2[nH]c1=O.CC(C)C(=O)CCCCC1SCC2CC(=O)NC21.CC(C)C(=O)CCOCCNC(=O)c1nc2ccccc2[nH]c1=O.Cc1cc(C(=O)C(C)(C)C)n[nH]1.Cc1cc(C(=O)NCCOCCC(=O)C(C)C)n[nH]1.Cc1ccc(NCC(=O)C(C)C)c([N+](=O)[O-])c1. The van der Waals surface area contributed by atoms with Gasteiger partial charge in [-0.3, -0.25) is 87.8 Å². The highest BCUT2D eigenvalue weighted by atomic mass is 32.2. The van der Waals surface area contributed by atoms with Crippen LogP contribution in [0.5, 0.6) is 0 Å². The molecule has 3 aliphatic rings. The average molecular weight is 1700 g/mol. The first-order valence-corrected chi connectivity index (χ1v) is 42.2. The number of aromatic nitrogens is 8. The molecule has 2 fully saturated rings. The normalized spacial score (nSPS) is 14.3. The molecule has 0 saturated carbocycles. The Labute approximate surface area is 716 Å². The third-order valence-corrected chi connectivity index (χ3v) is 20.6. The van der Waals surface area contributed by atoms with E-state index in [2.05, 4.69) is 71.6 Å². The smallest absolute Gasteiger partial charge is 0.292 e. The molecular weight excluding hydrogens is 1580 g/mol. The molecule has 3 atom stereocenters. The second kappa shape index (κ2) is 48.4. The number of aromatic amines is 4. The van der Waals surface area contributed by atoms with E-state index in [0.29, 0.717) is 108 Å². The Bertz CT molecular complexity index is 5200. The topological polar surface area (TPSA) is 454 Å². The fourth-order valence-electron chi connectivity index (χ4n) is 11.7. The zero-order valence-electron chi connectivity index (χ0n) is 74.2. The van der Waals surface area contributed by atoms with E-state index in [1.165, 1.54) is 6.07 Å². The Hall–Kier alpha value is -11.2. The number of hydrogen-bond acceptors (Lipinski definition) is 24. The summed E-state index contributed by atoms with van der Waals surface area (Å²) in [4.78, 5) is 172. The van der Waals surface area contributed by atoms with E-state index in [1.807, 2.05) is 139 Å². The van der Waals surface area contributed by atoms with E-state index < -0.39 is 27.4 Å². The van der Waals surface area contributed by atoms with Gasteiger partial charge >= 0.3 is 0 Å². The maximum Gasteiger partial charge on any atom is 0.292 e. The first kappa shape index (κ1) is 101. The number of carbonyl (C=O) groups excluding carboxylic acids is 10.